The summed E-state index contributed by atoms with van der Waals surface area (Å²) in [7, 11) is 0. The van der Waals surface area contributed by atoms with E-state index in [0.717, 1.165) is 23.9 Å². The van der Waals surface area contributed by atoms with Crippen LogP contribution in [-0.4, -0.2) is 14.2 Å². The molecule has 0 spiro atoms. The molecule has 1 aliphatic carbocycles. The zero-order valence-electron chi connectivity index (χ0n) is 13.6. The van der Waals surface area contributed by atoms with Crippen molar-refractivity contribution >= 4 is 21.8 Å². The first kappa shape index (κ1) is 14.9. The Kier molecular flexibility index (Phi) is 3.40. The van der Waals surface area contributed by atoms with E-state index in [0.29, 0.717) is 27.7 Å². The SMILES string of the molecule is C[C@@H]1CCCC[C@H]1n1ccc2nc3ccn(N)c(=O)c3cc2c1=O. The standard InChI is InChI=1S/C18H20N4O2/c1-11-4-2-3-5-16(11)21-8-6-14-12(17(21)23)10-13-15(20-14)7-9-22(19)18(13)24/h6-11,16H,2-5,19H2,1H3/t11-,16-/m1/s1. The molecule has 3 aromatic rings. The van der Waals surface area contributed by atoms with Crippen molar-refractivity contribution < 1.29 is 0 Å². The molecule has 0 radical (unpaired) electrons. The van der Waals surface area contributed by atoms with E-state index in [1.165, 1.54) is 12.6 Å². The van der Waals surface area contributed by atoms with E-state index in [-0.39, 0.29) is 17.2 Å². The molecule has 0 unspecified atom stereocenters. The summed E-state index contributed by atoms with van der Waals surface area (Å²) in [6.45, 7) is 2.20. The Labute approximate surface area is 138 Å². The topological polar surface area (TPSA) is 82.9 Å². The molecule has 6 nitrogen and oxygen atoms in total. The van der Waals surface area contributed by atoms with Gasteiger partial charge in [0.2, 0.25) is 0 Å². The third-order valence-electron chi connectivity index (χ3n) is 5.22. The molecule has 1 saturated carbocycles. The maximum absolute atomic E-state index is 13.0. The van der Waals surface area contributed by atoms with Crippen LogP contribution in [0.2, 0.25) is 0 Å². The van der Waals surface area contributed by atoms with Crippen molar-refractivity contribution in [2.24, 2.45) is 5.92 Å². The van der Waals surface area contributed by atoms with E-state index in [1.807, 2.05) is 16.8 Å². The molecule has 1 aliphatic rings. The van der Waals surface area contributed by atoms with Crippen molar-refractivity contribution in [3.05, 3.63) is 51.3 Å². The van der Waals surface area contributed by atoms with Crippen LogP contribution in [0.5, 0.6) is 0 Å². The number of hydrogen-bond donors (Lipinski definition) is 1. The quantitative estimate of drug-likeness (QED) is 0.549. The molecule has 0 amide bonds. The summed E-state index contributed by atoms with van der Waals surface area (Å²) in [5.74, 6) is 6.10. The Morgan fingerprint density at radius 2 is 1.71 bits per heavy atom. The molecule has 2 atom stereocenters. The Balaban J connectivity index is 1.98. The molecule has 0 saturated heterocycles. The lowest BCUT2D eigenvalue weighted by molar-refractivity contribution is 0.253. The van der Waals surface area contributed by atoms with Crippen LogP contribution in [0.4, 0.5) is 0 Å². The molecule has 0 bridgehead atoms. The van der Waals surface area contributed by atoms with Gasteiger partial charge in [0.05, 0.1) is 21.8 Å². The van der Waals surface area contributed by atoms with Crippen LogP contribution in [0.25, 0.3) is 21.8 Å². The predicted molar refractivity (Wildman–Crippen MR) is 94.6 cm³/mol. The van der Waals surface area contributed by atoms with Crippen molar-refractivity contribution in [2.45, 2.75) is 38.6 Å². The van der Waals surface area contributed by atoms with Crippen molar-refractivity contribution in [1.29, 1.82) is 0 Å². The van der Waals surface area contributed by atoms with Crippen LogP contribution in [-0.2, 0) is 0 Å². The Morgan fingerprint density at radius 1 is 1.04 bits per heavy atom. The van der Waals surface area contributed by atoms with E-state index in [4.69, 9.17) is 5.84 Å². The number of rotatable bonds is 1. The zero-order valence-corrected chi connectivity index (χ0v) is 13.6. The minimum Gasteiger partial charge on any atom is -0.336 e. The number of fused-ring (bicyclic) bond motifs is 2. The first-order valence-corrected chi connectivity index (χ1v) is 8.38. The molecule has 3 aromatic heterocycles. The maximum Gasteiger partial charge on any atom is 0.278 e. The Hall–Kier alpha value is -2.63. The average molecular weight is 324 g/mol. The van der Waals surface area contributed by atoms with E-state index >= 15 is 0 Å². The maximum atomic E-state index is 13.0. The van der Waals surface area contributed by atoms with Gasteiger partial charge in [0, 0.05) is 18.4 Å². The predicted octanol–water partition coefficient (Wildman–Crippen LogP) is 2.18. The van der Waals surface area contributed by atoms with Crippen molar-refractivity contribution in [1.82, 2.24) is 14.2 Å². The Morgan fingerprint density at radius 3 is 2.46 bits per heavy atom. The molecule has 24 heavy (non-hydrogen) atoms. The molecule has 0 aliphatic heterocycles. The van der Waals surface area contributed by atoms with Gasteiger partial charge in [0.15, 0.2) is 0 Å². The second kappa shape index (κ2) is 5.47. The minimum atomic E-state index is -0.345. The first-order chi connectivity index (χ1) is 11.6. The van der Waals surface area contributed by atoms with Gasteiger partial charge in [-0.3, -0.25) is 9.59 Å². The number of nitrogen functional groups attached to an aromatic ring is 1. The van der Waals surface area contributed by atoms with Crippen LogP contribution in [0.15, 0.2) is 40.2 Å². The van der Waals surface area contributed by atoms with E-state index in [9.17, 15) is 9.59 Å². The summed E-state index contributed by atoms with van der Waals surface area (Å²) >= 11 is 0. The summed E-state index contributed by atoms with van der Waals surface area (Å²) < 4.78 is 2.84. The van der Waals surface area contributed by atoms with E-state index < -0.39 is 0 Å². The van der Waals surface area contributed by atoms with E-state index in [1.54, 1.807) is 12.1 Å². The highest BCUT2D eigenvalue weighted by Gasteiger charge is 2.24. The van der Waals surface area contributed by atoms with Crippen LogP contribution < -0.4 is 17.0 Å². The molecule has 3 heterocycles. The largest absolute Gasteiger partial charge is 0.336 e. The third kappa shape index (κ3) is 2.21. The van der Waals surface area contributed by atoms with Crippen LogP contribution >= 0.6 is 0 Å². The highest BCUT2D eigenvalue weighted by atomic mass is 16.1. The van der Waals surface area contributed by atoms with Gasteiger partial charge < -0.3 is 10.4 Å². The number of nitrogens with zero attached hydrogens (tertiary/aromatic N) is 3. The summed E-state index contributed by atoms with van der Waals surface area (Å²) in [5, 5.41) is 0.852. The van der Waals surface area contributed by atoms with Gasteiger partial charge in [-0.1, -0.05) is 19.8 Å². The Bertz CT molecular complexity index is 1050. The molecule has 1 fully saturated rings. The fourth-order valence-electron chi connectivity index (χ4n) is 3.83. The summed E-state index contributed by atoms with van der Waals surface area (Å²) in [6.07, 6.45) is 7.86. The second-order valence-corrected chi connectivity index (χ2v) is 6.74. The van der Waals surface area contributed by atoms with Crippen molar-refractivity contribution in [2.75, 3.05) is 5.84 Å². The first-order valence-electron chi connectivity index (χ1n) is 8.38. The second-order valence-electron chi connectivity index (χ2n) is 6.74. The van der Waals surface area contributed by atoms with Gasteiger partial charge >= 0.3 is 0 Å². The molecule has 6 heteroatoms. The van der Waals surface area contributed by atoms with Gasteiger partial charge in [-0.15, -0.1) is 0 Å². The molecular weight excluding hydrogens is 304 g/mol. The van der Waals surface area contributed by atoms with E-state index in [2.05, 4.69) is 11.9 Å². The number of pyridine rings is 3. The molecule has 2 N–H and O–H groups in total. The van der Waals surface area contributed by atoms with Gasteiger partial charge in [-0.05, 0) is 37.0 Å². The summed E-state index contributed by atoms with van der Waals surface area (Å²) in [6, 6.07) is 5.40. The highest BCUT2D eigenvalue weighted by Crippen LogP contribution is 2.32. The summed E-state index contributed by atoms with van der Waals surface area (Å²) in [4.78, 5) is 29.7. The normalized spacial score (nSPS) is 21.4. The van der Waals surface area contributed by atoms with Crippen LogP contribution in [0, 0.1) is 5.92 Å². The van der Waals surface area contributed by atoms with Crippen LogP contribution in [0.3, 0.4) is 0 Å². The monoisotopic (exact) mass is 324 g/mol. The number of hydrogen-bond acceptors (Lipinski definition) is 4. The van der Waals surface area contributed by atoms with Gasteiger partial charge in [0.1, 0.15) is 0 Å². The average Bonchev–Trinajstić information content (AvgIpc) is 2.59. The van der Waals surface area contributed by atoms with Gasteiger partial charge in [-0.2, -0.15) is 0 Å². The molecule has 0 aromatic carbocycles. The molecule has 124 valence electrons. The van der Waals surface area contributed by atoms with Gasteiger partial charge in [0.25, 0.3) is 11.1 Å². The molecule has 4 rings (SSSR count). The summed E-state index contributed by atoms with van der Waals surface area (Å²) in [5.41, 5.74) is 0.744. The lowest BCUT2D eigenvalue weighted by Gasteiger charge is -2.30. The zero-order chi connectivity index (χ0) is 16.8. The minimum absolute atomic E-state index is 0.0764. The highest BCUT2D eigenvalue weighted by molar-refractivity contribution is 5.91. The number of aromatic nitrogens is 3. The third-order valence-corrected chi connectivity index (χ3v) is 5.22. The number of nitrogens with two attached hydrogens (primary N) is 1. The fourth-order valence-corrected chi connectivity index (χ4v) is 3.83. The fraction of sp³-hybridized carbons (Fsp3) is 0.389. The van der Waals surface area contributed by atoms with Crippen molar-refractivity contribution in [3.63, 3.8) is 0 Å². The van der Waals surface area contributed by atoms with Gasteiger partial charge in [-0.25, -0.2) is 9.66 Å². The lowest BCUT2D eigenvalue weighted by atomic mass is 9.85. The smallest absolute Gasteiger partial charge is 0.278 e. The van der Waals surface area contributed by atoms with Crippen molar-refractivity contribution in [3.8, 4) is 0 Å². The molecular formula is C18H20N4O2. The van der Waals surface area contributed by atoms with Crippen LogP contribution in [0.1, 0.15) is 38.6 Å². The lowest BCUT2D eigenvalue weighted by Crippen LogP contribution is -2.30.